The molecule has 5 nitrogen and oxygen atoms in total. The van der Waals surface area contributed by atoms with E-state index in [-0.39, 0.29) is 5.69 Å². The summed E-state index contributed by atoms with van der Waals surface area (Å²) in [5.41, 5.74) is -0.572. The highest BCUT2D eigenvalue weighted by Crippen LogP contribution is 2.25. The Morgan fingerprint density at radius 2 is 2.50 bits per heavy atom. The molecule has 2 N–H and O–H groups in total. The SMILES string of the molecule is O=C(O)c1cc(=O)[nH]c(CC2CCSC2)n1. The van der Waals surface area contributed by atoms with Gasteiger partial charge in [-0.2, -0.15) is 11.8 Å². The second-order valence-electron chi connectivity index (χ2n) is 3.82. The van der Waals surface area contributed by atoms with Gasteiger partial charge in [-0.15, -0.1) is 0 Å². The minimum absolute atomic E-state index is 0.176. The minimum Gasteiger partial charge on any atom is -0.477 e. The van der Waals surface area contributed by atoms with E-state index in [0.29, 0.717) is 18.2 Å². The van der Waals surface area contributed by atoms with Crippen LogP contribution in [0.1, 0.15) is 22.7 Å². The number of aromatic amines is 1. The Kier molecular flexibility index (Phi) is 3.28. The zero-order chi connectivity index (χ0) is 11.5. The molecule has 1 saturated heterocycles. The zero-order valence-corrected chi connectivity index (χ0v) is 9.42. The van der Waals surface area contributed by atoms with Gasteiger partial charge in [-0.1, -0.05) is 0 Å². The van der Waals surface area contributed by atoms with Crippen molar-refractivity contribution in [1.29, 1.82) is 0 Å². The number of thioether (sulfide) groups is 1. The number of hydrogen-bond acceptors (Lipinski definition) is 4. The average molecular weight is 240 g/mol. The number of aromatic nitrogens is 2. The largest absolute Gasteiger partial charge is 0.477 e. The number of nitrogens with zero attached hydrogens (tertiary/aromatic N) is 1. The summed E-state index contributed by atoms with van der Waals surface area (Å²) >= 11 is 1.88. The van der Waals surface area contributed by atoms with Crippen LogP contribution in [-0.4, -0.2) is 32.5 Å². The minimum atomic E-state index is -1.16. The number of rotatable bonds is 3. The maximum absolute atomic E-state index is 11.2. The van der Waals surface area contributed by atoms with E-state index in [1.54, 1.807) is 0 Å². The van der Waals surface area contributed by atoms with Crippen molar-refractivity contribution in [3.8, 4) is 0 Å². The number of H-pyrrole nitrogens is 1. The lowest BCUT2D eigenvalue weighted by Gasteiger charge is -2.07. The molecule has 1 fully saturated rings. The van der Waals surface area contributed by atoms with Crippen LogP contribution in [-0.2, 0) is 6.42 Å². The molecule has 0 aromatic carbocycles. The van der Waals surface area contributed by atoms with Gasteiger partial charge in [0.05, 0.1) is 0 Å². The third-order valence-corrected chi connectivity index (χ3v) is 3.75. The smallest absolute Gasteiger partial charge is 0.354 e. The number of carbonyl (C=O) groups is 1. The van der Waals surface area contributed by atoms with Crippen LogP contribution in [0.15, 0.2) is 10.9 Å². The van der Waals surface area contributed by atoms with E-state index in [9.17, 15) is 9.59 Å². The first-order valence-electron chi connectivity index (χ1n) is 5.06. The highest BCUT2D eigenvalue weighted by atomic mass is 32.2. The fourth-order valence-corrected chi connectivity index (χ4v) is 3.02. The second kappa shape index (κ2) is 4.69. The van der Waals surface area contributed by atoms with Crippen LogP contribution in [0.5, 0.6) is 0 Å². The molecule has 0 radical (unpaired) electrons. The number of hydrogen-bond donors (Lipinski definition) is 2. The molecule has 1 atom stereocenters. The highest BCUT2D eigenvalue weighted by Gasteiger charge is 2.18. The second-order valence-corrected chi connectivity index (χ2v) is 4.97. The number of carboxylic acid groups (broad SMARTS) is 1. The molecule has 1 unspecified atom stereocenters. The summed E-state index contributed by atoms with van der Waals surface area (Å²) in [7, 11) is 0. The summed E-state index contributed by atoms with van der Waals surface area (Å²) in [6.07, 6.45) is 1.76. The van der Waals surface area contributed by atoms with Gasteiger partial charge in [0.1, 0.15) is 5.82 Å². The number of carboxylic acids is 1. The van der Waals surface area contributed by atoms with Crippen LogP contribution in [0, 0.1) is 5.92 Å². The van der Waals surface area contributed by atoms with Crippen molar-refractivity contribution in [1.82, 2.24) is 9.97 Å². The summed E-state index contributed by atoms with van der Waals surface area (Å²) in [5, 5.41) is 8.78. The first-order chi connectivity index (χ1) is 7.65. The van der Waals surface area contributed by atoms with Gasteiger partial charge < -0.3 is 10.1 Å². The molecule has 1 aromatic rings. The van der Waals surface area contributed by atoms with E-state index < -0.39 is 11.5 Å². The van der Waals surface area contributed by atoms with Gasteiger partial charge >= 0.3 is 5.97 Å². The number of nitrogens with one attached hydrogen (secondary N) is 1. The van der Waals surface area contributed by atoms with Crippen LogP contribution in [0.25, 0.3) is 0 Å². The molecule has 16 heavy (non-hydrogen) atoms. The van der Waals surface area contributed by atoms with Crippen molar-refractivity contribution >= 4 is 17.7 Å². The van der Waals surface area contributed by atoms with Gasteiger partial charge in [-0.05, 0) is 23.8 Å². The molecule has 0 saturated carbocycles. The normalized spacial score (nSPS) is 19.9. The zero-order valence-electron chi connectivity index (χ0n) is 8.60. The van der Waals surface area contributed by atoms with Crippen molar-refractivity contribution in [2.75, 3.05) is 11.5 Å². The predicted octanol–water partition coefficient (Wildman–Crippen LogP) is 0.764. The lowest BCUT2D eigenvalue weighted by atomic mass is 10.1. The molecular weight excluding hydrogens is 228 g/mol. The molecule has 0 amide bonds. The van der Waals surface area contributed by atoms with E-state index in [1.807, 2.05) is 11.8 Å². The molecule has 1 aromatic heterocycles. The van der Waals surface area contributed by atoms with Gasteiger partial charge in [-0.25, -0.2) is 9.78 Å². The van der Waals surface area contributed by atoms with Crippen LogP contribution < -0.4 is 5.56 Å². The van der Waals surface area contributed by atoms with Crippen LogP contribution in [0.2, 0.25) is 0 Å². The van der Waals surface area contributed by atoms with Gasteiger partial charge in [0.2, 0.25) is 0 Å². The maximum Gasteiger partial charge on any atom is 0.354 e. The molecular formula is C10H12N2O3S. The lowest BCUT2D eigenvalue weighted by Crippen LogP contribution is -2.18. The lowest BCUT2D eigenvalue weighted by molar-refractivity contribution is 0.0689. The highest BCUT2D eigenvalue weighted by molar-refractivity contribution is 7.99. The van der Waals surface area contributed by atoms with Crippen molar-refractivity contribution in [2.45, 2.75) is 12.8 Å². The summed E-state index contributed by atoms with van der Waals surface area (Å²) in [6, 6.07) is 1.01. The van der Waals surface area contributed by atoms with E-state index in [2.05, 4.69) is 9.97 Å². The van der Waals surface area contributed by atoms with Crippen LogP contribution in [0.3, 0.4) is 0 Å². The molecule has 0 aliphatic carbocycles. The topological polar surface area (TPSA) is 83.0 Å². The Hall–Kier alpha value is -1.30. The van der Waals surface area contributed by atoms with Crippen molar-refractivity contribution < 1.29 is 9.90 Å². The van der Waals surface area contributed by atoms with Gasteiger partial charge in [-0.3, -0.25) is 4.79 Å². The first kappa shape index (κ1) is 11.2. The van der Waals surface area contributed by atoms with Crippen molar-refractivity contribution in [3.63, 3.8) is 0 Å². The molecule has 86 valence electrons. The Morgan fingerprint density at radius 3 is 3.12 bits per heavy atom. The third kappa shape index (κ3) is 2.63. The standard InChI is InChI=1S/C10H12N2O3S/c13-9-4-7(10(14)15)11-8(12-9)3-6-1-2-16-5-6/h4,6H,1-3,5H2,(H,14,15)(H,11,12,13). The molecule has 6 heteroatoms. The van der Waals surface area contributed by atoms with Crippen molar-refractivity contribution in [3.05, 3.63) is 27.9 Å². The van der Waals surface area contributed by atoms with Gasteiger partial charge in [0.25, 0.3) is 5.56 Å². The monoisotopic (exact) mass is 240 g/mol. The Labute approximate surface area is 96.3 Å². The molecule has 1 aliphatic rings. The number of aromatic carboxylic acids is 1. The molecule has 2 rings (SSSR count). The Balaban J connectivity index is 2.19. The van der Waals surface area contributed by atoms with Gasteiger partial charge in [0.15, 0.2) is 5.69 Å². The van der Waals surface area contributed by atoms with E-state index in [1.165, 1.54) is 0 Å². The van der Waals surface area contributed by atoms with E-state index in [0.717, 1.165) is 24.0 Å². The fraction of sp³-hybridized carbons (Fsp3) is 0.500. The summed E-state index contributed by atoms with van der Waals surface area (Å²) in [6.45, 7) is 0. The first-order valence-corrected chi connectivity index (χ1v) is 6.22. The van der Waals surface area contributed by atoms with Crippen molar-refractivity contribution in [2.24, 2.45) is 5.92 Å². The summed E-state index contributed by atoms with van der Waals surface area (Å²) in [4.78, 5) is 28.5. The maximum atomic E-state index is 11.2. The summed E-state index contributed by atoms with van der Waals surface area (Å²) < 4.78 is 0. The van der Waals surface area contributed by atoms with Gasteiger partial charge in [0, 0.05) is 12.5 Å². The van der Waals surface area contributed by atoms with E-state index in [4.69, 9.17) is 5.11 Å². The molecule has 0 spiro atoms. The molecule has 1 aliphatic heterocycles. The third-order valence-electron chi connectivity index (χ3n) is 2.52. The quantitative estimate of drug-likeness (QED) is 0.815. The Bertz CT molecular complexity index is 452. The van der Waals surface area contributed by atoms with Crippen LogP contribution >= 0.6 is 11.8 Å². The molecule has 0 bridgehead atoms. The van der Waals surface area contributed by atoms with E-state index >= 15 is 0 Å². The molecule has 2 heterocycles. The average Bonchev–Trinajstić information content (AvgIpc) is 2.69. The Morgan fingerprint density at radius 1 is 1.69 bits per heavy atom. The fourth-order valence-electron chi connectivity index (χ4n) is 1.73. The predicted molar refractivity (Wildman–Crippen MR) is 61.0 cm³/mol. The van der Waals surface area contributed by atoms with Crippen LogP contribution in [0.4, 0.5) is 0 Å². The summed E-state index contributed by atoms with van der Waals surface area (Å²) in [5.74, 6) is 2.01.